The standard InChI is InChI=1S/C36H41N11O2/c1-25-18-36(49-44-25)14-16-46(17-15-36)33-28(19-37)22-39-34(43-33)42-30-9-11-31(12-10-30)47(35(48)40-20-26-6-4-3-5-7-26)32-13-8-27(21-38-32)29-23-41-45(2)24-29/h3-8,13,21-24,30-31H,9-12,14-18,20H2,1-2H3,(H,40,48)(H,39,42,43)/t30-,31-. The number of piperidine rings is 1. The number of amides is 2. The number of aryl methyl sites for hydroxylation is 1. The largest absolute Gasteiger partial charge is 0.389 e. The third kappa shape index (κ3) is 7.18. The number of benzene rings is 1. The number of nitrogens with one attached hydrogen (secondary N) is 2. The smallest absolute Gasteiger partial charge is 0.323 e. The zero-order chi connectivity index (χ0) is 33.8. The third-order valence-electron chi connectivity index (χ3n) is 9.77. The fourth-order valence-electron chi connectivity index (χ4n) is 7.11. The van der Waals surface area contributed by atoms with Crippen LogP contribution in [0.4, 0.5) is 22.4 Å². The Bertz CT molecular complexity index is 1830. The van der Waals surface area contributed by atoms with E-state index in [4.69, 9.17) is 14.8 Å². The molecule has 252 valence electrons. The van der Waals surface area contributed by atoms with Crippen LogP contribution in [0.3, 0.4) is 0 Å². The van der Waals surface area contributed by atoms with Gasteiger partial charge in [0.2, 0.25) is 5.95 Å². The lowest BCUT2D eigenvalue weighted by molar-refractivity contribution is -0.0360. The van der Waals surface area contributed by atoms with Crippen molar-refractivity contribution in [2.24, 2.45) is 12.2 Å². The van der Waals surface area contributed by atoms with E-state index in [2.05, 4.69) is 36.8 Å². The van der Waals surface area contributed by atoms with Crippen LogP contribution in [-0.4, -0.2) is 67.2 Å². The number of hydrogen-bond acceptors (Lipinski definition) is 10. The Labute approximate surface area is 286 Å². The van der Waals surface area contributed by atoms with Crippen molar-refractivity contribution >= 4 is 29.3 Å². The first-order valence-electron chi connectivity index (χ1n) is 16.9. The van der Waals surface area contributed by atoms with Gasteiger partial charge in [0.15, 0.2) is 5.82 Å². The van der Waals surface area contributed by atoms with E-state index in [9.17, 15) is 10.1 Å². The molecule has 1 saturated heterocycles. The molecule has 2 amide bonds. The highest BCUT2D eigenvalue weighted by molar-refractivity contribution is 5.91. The molecule has 49 heavy (non-hydrogen) atoms. The quantitative estimate of drug-likeness (QED) is 0.253. The SMILES string of the molecule is CC1=NOC2(CCN(c3nc(N[C@H]4CC[C@H](N(C(=O)NCc5ccccc5)c5ccc(-c6cnn(C)c6)cn5)CC4)ncc3C#N)CC2)C1. The van der Waals surface area contributed by atoms with Gasteiger partial charge in [0.25, 0.3) is 0 Å². The summed E-state index contributed by atoms with van der Waals surface area (Å²) in [5, 5.41) is 24.9. The Morgan fingerprint density at radius 3 is 2.49 bits per heavy atom. The maximum absolute atomic E-state index is 13.8. The minimum atomic E-state index is -0.233. The molecule has 0 unspecified atom stereocenters. The second kappa shape index (κ2) is 13.9. The van der Waals surface area contributed by atoms with Crippen LogP contribution in [0.5, 0.6) is 0 Å². The fourth-order valence-corrected chi connectivity index (χ4v) is 7.11. The molecule has 1 saturated carbocycles. The molecule has 3 aromatic heterocycles. The van der Waals surface area contributed by atoms with Crippen molar-refractivity contribution in [1.29, 1.82) is 5.26 Å². The van der Waals surface area contributed by atoms with Gasteiger partial charge in [0.1, 0.15) is 23.1 Å². The van der Waals surface area contributed by atoms with Crippen molar-refractivity contribution in [2.45, 2.75) is 76.1 Å². The summed E-state index contributed by atoms with van der Waals surface area (Å²) in [6.07, 6.45) is 12.9. The monoisotopic (exact) mass is 659 g/mol. The number of pyridine rings is 1. The number of nitrogens with zero attached hydrogens (tertiary/aromatic N) is 9. The zero-order valence-corrected chi connectivity index (χ0v) is 27.9. The normalized spacial score (nSPS) is 19.9. The van der Waals surface area contributed by atoms with Gasteiger partial charge in [-0.25, -0.2) is 14.8 Å². The van der Waals surface area contributed by atoms with Gasteiger partial charge >= 0.3 is 6.03 Å². The topological polar surface area (TPSA) is 149 Å². The molecule has 13 nitrogen and oxygen atoms in total. The molecule has 13 heteroatoms. The second-order valence-electron chi connectivity index (χ2n) is 13.3. The second-order valence-corrected chi connectivity index (χ2v) is 13.3. The first kappa shape index (κ1) is 32.1. The predicted octanol–water partition coefficient (Wildman–Crippen LogP) is 5.42. The molecule has 1 aromatic carbocycles. The fraction of sp³-hybridized carbons (Fsp3) is 0.417. The van der Waals surface area contributed by atoms with Crippen molar-refractivity contribution in [1.82, 2.24) is 30.0 Å². The van der Waals surface area contributed by atoms with E-state index in [-0.39, 0.29) is 23.7 Å². The van der Waals surface area contributed by atoms with E-state index >= 15 is 0 Å². The van der Waals surface area contributed by atoms with Crippen molar-refractivity contribution in [2.75, 3.05) is 28.2 Å². The Morgan fingerprint density at radius 2 is 1.84 bits per heavy atom. The van der Waals surface area contributed by atoms with E-state index in [1.165, 1.54) is 0 Å². The molecule has 2 aliphatic heterocycles. The first-order chi connectivity index (χ1) is 23.9. The van der Waals surface area contributed by atoms with Crippen LogP contribution in [0, 0.1) is 11.3 Å². The number of oxime groups is 1. The average Bonchev–Trinajstić information content (AvgIpc) is 3.74. The number of nitriles is 1. The molecule has 5 heterocycles. The molecule has 1 spiro atoms. The van der Waals surface area contributed by atoms with Crippen LogP contribution < -0.4 is 20.4 Å². The molecule has 3 aliphatic rings. The van der Waals surface area contributed by atoms with Gasteiger partial charge < -0.3 is 20.4 Å². The minimum absolute atomic E-state index is 0.0332. The number of urea groups is 1. The summed E-state index contributed by atoms with van der Waals surface area (Å²) in [5.74, 6) is 1.78. The minimum Gasteiger partial charge on any atom is -0.389 e. The van der Waals surface area contributed by atoms with Crippen molar-refractivity contribution in [3.05, 3.63) is 78.4 Å². The van der Waals surface area contributed by atoms with Gasteiger partial charge in [0.05, 0.1) is 18.1 Å². The van der Waals surface area contributed by atoms with Gasteiger partial charge in [-0.15, -0.1) is 0 Å². The Hall–Kier alpha value is -5.51. The predicted molar refractivity (Wildman–Crippen MR) is 187 cm³/mol. The lowest BCUT2D eigenvalue weighted by atomic mass is 9.87. The van der Waals surface area contributed by atoms with Crippen molar-refractivity contribution in [3.8, 4) is 17.2 Å². The third-order valence-corrected chi connectivity index (χ3v) is 9.77. The molecule has 0 bridgehead atoms. The maximum Gasteiger partial charge on any atom is 0.323 e. The van der Waals surface area contributed by atoms with E-state index < -0.39 is 0 Å². The van der Waals surface area contributed by atoms with Crippen LogP contribution in [0.25, 0.3) is 11.1 Å². The number of anilines is 3. The summed E-state index contributed by atoms with van der Waals surface area (Å²) in [5.41, 5.74) is 4.20. The summed E-state index contributed by atoms with van der Waals surface area (Å²) in [6, 6.07) is 16.0. The molecule has 4 aromatic rings. The maximum atomic E-state index is 13.8. The lowest BCUT2D eigenvalue weighted by Crippen LogP contribution is -2.49. The van der Waals surface area contributed by atoms with E-state index in [0.29, 0.717) is 29.7 Å². The summed E-state index contributed by atoms with van der Waals surface area (Å²) >= 11 is 0. The average molecular weight is 660 g/mol. The number of carbonyl (C=O) groups is 1. The van der Waals surface area contributed by atoms with Crippen LogP contribution in [0.15, 0.2) is 72.4 Å². The van der Waals surface area contributed by atoms with Crippen LogP contribution in [0.2, 0.25) is 0 Å². The summed E-state index contributed by atoms with van der Waals surface area (Å²) in [6.45, 7) is 3.90. The number of carbonyl (C=O) groups excluding carboxylic acids is 1. The van der Waals surface area contributed by atoms with Gasteiger partial charge in [-0.05, 0) is 50.3 Å². The van der Waals surface area contributed by atoms with E-state index in [1.54, 1.807) is 23.3 Å². The summed E-state index contributed by atoms with van der Waals surface area (Å²) < 4.78 is 1.76. The van der Waals surface area contributed by atoms with Crippen LogP contribution in [0.1, 0.15) is 63.0 Å². The Kier molecular flexibility index (Phi) is 9.11. The van der Waals surface area contributed by atoms with E-state index in [0.717, 1.165) is 80.4 Å². The molecular formula is C36H41N11O2. The molecule has 0 radical (unpaired) electrons. The first-order valence-corrected chi connectivity index (χ1v) is 16.9. The van der Waals surface area contributed by atoms with Gasteiger partial charge in [-0.2, -0.15) is 15.3 Å². The van der Waals surface area contributed by atoms with E-state index in [1.807, 2.05) is 67.5 Å². The highest BCUT2D eigenvalue weighted by Gasteiger charge is 2.41. The Balaban J connectivity index is 1.02. The van der Waals surface area contributed by atoms with Crippen LogP contribution >= 0.6 is 0 Å². The van der Waals surface area contributed by atoms with Crippen LogP contribution in [-0.2, 0) is 18.4 Å². The van der Waals surface area contributed by atoms with Gasteiger partial charge in [-0.3, -0.25) is 9.58 Å². The van der Waals surface area contributed by atoms with Gasteiger partial charge in [-0.1, -0.05) is 35.5 Å². The van der Waals surface area contributed by atoms with Gasteiger partial charge in [0, 0.05) is 81.5 Å². The Morgan fingerprint density at radius 1 is 1.04 bits per heavy atom. The zero-order valence-electron chi connectivity index (χ0n) is 27.9. The summed E-state index contributed by atoms with van der Waals surface area (Å²) in [4.78, 5) is 37.6. The lowest BCUT2D eigenvalue weighted by Gasteiger charge is -2.38. The highest BCUT2D eigenvalue weighted by Crippen LogP contribution is 2.36. The molecular weight excluding hydrogens is 618 g/mol. The number of aromatic nitrogens is 5. The van der Waals surface area contributed by atoms with Crippen molar-refractivity contribution < 1.29 is 9.63 Å². The number of hydrogen-bond donors (Lipinski definition) is 2. The van der Waals surface area contributed by atoms with Crippen molar-refractivity contribution in [3.63, 3.8) is 0 Å². The molecule has 2 N–H and O–H groups in total. The number of rotatable bonds is 8. The molecule has 1 aliphatic carbocycles. The molecule has 0 atom stereocenters. The highest BCUT2D eigenvalue weighted by atomic mass is 16.7. The molecule has 2 fully saturated rings. The summed E-state index contributed by atoms with van der Waals surface area (Å²) in [7, 11) is 1.88. The molecule has 7 rings (SSSR count).